The molecule has 27 heavy (non-hydrogen) atoms. The minimum Gasteiger partial charge on any atom is -0.454 e. The Morgan fingerprint density at radius 3 is 2.48 bits per heavy atom. The molecule has 8 heteroatoms. The number of fused-ring (bicyclic) bond motifs is 1. The van der Waals surface area contributed by atoms with Crippen LogP contribution >= 0.6 is 0 Å². The van der Waals surface area contributed by atoms with Crippen molar-refractivity contribution in [1.82, 2.24) is 0 Å². The molecular formula is C19H17NO7. The van der Waals surface area contributed by atoms with Gasteiger partial charge in [0.05, 0.1) is 23.7 Å². The fourth-order valence-electron chi connectivity index (χ4n) is 3.29. The molecule has 8 nitrogen and oxygen atoms in total. The summed E-state index contributed by atoms with van der Waals surface area (Å²) >= 11 is 0. The lowest BCUT2D eigenvalue weighted by Crippen LogP contribution is -2.29. The van der Waals surface area contributed by atoms with Gasteiger partial charge in [-0.25, -0.2) is 0 Å². The molecule has 0 amide bonds. The van der Waals surface area contributed by atoms with E-state index in [2.05, 4.69) is 0 Å². The highest BCUT2D eigenvalue weighted by molar-refractivity contribution is 6.12. The second kappa shape index (κ2) is 6.64. The average Bonchev–Trinajstić information content (AvgIpc) is 3.30. The molecule has 0 saturated carbocycles. The quantitative estimate of drug-likeness (QED) is 0.453. The second-order valence-electron chi connectivity index (χ2n) is 6.47. The van der Waals surface area contributed by atoms with Crippen LogP contribution in [0.15, 0.2) is 36.4 Å². The van der Waals surface area contributed by atoms with Crippen LogP contribution in [0, 0.1) is 10.1 Å². The Morgan fingerprint density at radius 2 is 1.81 bits per heavy atom. The summed E-state index contributed by atoms with van der Waals surface area (Å²) in [5.74, 6) is -0.262. The van der Waals surface area contributed by atoms with E-state index in [1.54, 1.807) is 12.1 Å². The lowest BCUT2D eigenvalue weighted by Gasteiger charge is -2.24. The molecule has 0 aromatic heterocycles. The zero-order valence-electron chi connectivity index (χ0n) is 14.6. The van der Waals surface area contributed by atoms with Crippen LogP contribution in [-0.4, -0.2) is 36.5 Å². The Morgan fingerprint density at radius 1 is 1.11 bits per heavy atom. The number of hydrogen-bond donors (Lipinski definition) is 0. The van der Waals surface area contributed by atoms with Gasteiger partial charge in [0.25, 0.3) is 5.69 Å². The summed E-state index contributed by atoms with van der Waals surface area (Å²) in [5, 5.41) is 10.8. The van der Waals surface area contributed by atoms with Gasteiger partial charge in [-0.05, 0) is 30.7 Å². The molecule has 2 aliphatic rings. The molecule has 140 valence electrons. The molecule has 1 saturated heterocycles. The van der Waals surface area contributed by atoms with Gasteiger partial charge in [-0.3, -0.25) is 14.9 Å². The van der Waals surface area contributed by atoms with Crippen molar-refractivity contribution in [3.63, 3.8) is 0 Å². The number of carbonyl (C=O) groups excluding carboxylic acids is 1. The first-order valence-corrected chi connectivity index (χ1v) is 8.45. The van der Waals surface area contributed by atoms with E-state index in [0.717, 1.165) is 0 Å². The Labute approximate surface area is 154 Å². The molecule has 1 fully saturated rings. The second-order valence-corrected chi connectivity index (χ2v) is 6.47. The Balaban J connectivity index is 1.74. The van der Waals surface area contributed by atoms with Crippen LogP contribution in [0.3, 0.4) is 0 Å². The van der Waals surface area contributed by atoms with Gasteiger partial charge < -0.3 is 18.9 Å². The first-order chi connectivity index (χ1) is 13.0. The number of rotatable bonds is 5. The van der Waals surface area contributed by atoms with Crippen LogP contribution in [0.4, 0.5) is 5.69 Å². The molecule has 0 N–H and O–H groups in total. The zero-order chi connectivity index (χ0) is 19.0. The molecule has 0 spiro atoms. The van der Waals surface area contributed by atoms with Crippen molar-refractivity contribution in [1.29, 1.82) is 0 Å². The van der Waals surface area contributed by atoms with Gasteiger partial charge in [-0.2, -0.15) is 0 Å². The van der Waals surface area contributed by atoms with Crippen LogP contribution in [0.25, 0.3) is 0 Å². The van der Waals surface area contributed by atoms with Crippen molar-refractivity contribution in [2.75, 3.05) is 20.0 Å². The largest absolute Gasteiger partial charge is 0.454 e. The van der Waals surface area contributed by atoms with E-state index < -0.39 is 10.7 Å². The number of nitro groups is 1. The maximum Gasteiger partial charge on any atom is 0.269 e. The van der Waals surface area contributed by atoms with E-state index in [1.807, 2.05) is 6.92 Å². The molecule has 2 aromatic carbocycles. The molecule has 0 radical (unpaired) electrons. The van der Waals surface area contributed by atoms with Gasteiger partial charge in [-0.15, -0.1) is 0 Å². The molecule has 0 bridgehead atoms. The Bertz CT molecular complexity index is 901. The van der Waals surface area contributed by atoms with E-state index >= 15 is 0 Å². The number of benzene rings is 2. The van der Waals surface area contributed by atoms with Crippen molar-refractivity contribution < 1.29 is 28.7 Å². The smallest absolute Gasteiger partial charge is 0.269 e. The first-order valence-electron chi connectivity index (χ1n) is 8.45. The lowest BCUT2D eigenvalue weighted by atomic mass is 9.93. The standard InChI is InChI=1S/C19H17NO7/c1-19(26-8-9-27-19)10-13-4-7-15-18(25-11-24-15)16(13)17(21)12-2-5-14(6-3-12)20(22)23/h2-7H,8-11H2,1H3. The fourth-order valence-corrected chi connectivity index (χ4v) is 3.29. The van der Waals surface area contributed by atoms with E-state index in [4.69, 9.17) is 18.9 Å². The van der Waals surface area contributed by atoms with Gasteiger partial charge in [-0.1, -0.05) is 6.07 Å². The van der Waals surface area contributed by atoms with Crippen molar-refractivity contribution in [3.05, 3.63) is 63.2 Å². The maximum atomic E-state index is 13.2. The van der Waals surface area contributed by atoms with Crippen LogP contribution < -0.4 is 9.47 Å². The highest BCUT2D eigenvalue weighted by atomic mass is 16.7. The van der Waals surface area contributed by atoms with E-state index in [9.17, 15) is 14.9 Å². The van der Waals surface area contributed by atoms with Crippen LogP contribution in [0.1, 0.15) is 28.4 Å². The predicted octanol–water partition coefficient (Wildman–Crippen LogP) is 2.86. The Kier molecular flexibility index (Phi) is 4.29. The summed E-state index contributed by atoms with van der Waals surface area (Å²) in [4.78, 5) is 23.5. The minimum atomic E-state index is -0.821. The van der Waals surface area contributed by atoms with Crippen molar-refractivity contribution >= 4 is 11.5 Å². The van der Waals surface area contributed by atoms with Gasteiger partial charge in [0.15, 0.2) is 23.1 Å². The number of carbonyl (C=O) groups is 1. The summed E-state index contributed by atoms with van der Waals surface area (Å²) in [6.07, 6.45) is 0.359. The topological polar surface area (TPSA) is 97.1 Å². The van der Waals surface area contributed by atoms with E-state index in [-0.39, 0.29) is 18.3 Å². The fraction of sp³-hybridized carbons (Fsp3) is 0.316. The highest BCUT2D eigenvalue weighted by Crippen LogP contribution is 2.40. The van der Waals surface area contributed by atoms with Crippen LogP contribution in [0.2, 0.25) is 0 Å². The molecule has 0 unspecified atom stereocenters. The highest BCUT2D eigenvalue weighted by Gasteiger charge is 2.35. The van der Waals surface area contributed by atoms with E-state index in [0.29, 0.717) is 47.8 Å². The summed E-state index contributed by atoms with van der Waals surface area (Å²) < 4.78 is 22.3. The number of nitrogens with zero attached hydrogens (tertiary/aromatic N) is 1. The summed E-state index contributed by atoms with van der Waals surface area (Å²) in [6, 6.07) is 9.02. The minimum absolute atomic E-state index is 0.0313. The predicted molar refractivity (Wildman–Crippen MR) is 93.1 cm³/mol. The summed E-state index contributed by atoms with van der Waals surface area (Å²) in [7, 11) is 0. The average molecular weight is 371 g/mol. The van der Waals surface area contributed by atoms with Gasteiger partial charge in [0, 0.05) is 24.1 Å². The summed E-state index contributed by atoms with van der Waals surface area (Å²) in [6.45, 7) is 2.84. The van der Waals surface area contributed by atoms with Crippen molar-refractivity contribution in [2.24, 2.45) is 0 Å². The maximum absolute atomic E-state index is 13.2. The van der Waals surface area contributed by atoms with Crippen LogP contribution in [-0.2, 0) is 15.9 Å². The third-order valence-electron chi connectivity index (χ3n) is 4.60. The summed E-state index contributed by atoms with van der Waals surface area (Å²) in [5.41, 5.74) is 1.31. The SMILES string of the molecule is CC1(Cc2ccc3c(c2C(=O)c2ccc([N+](=O)[O-])cc2)OCO3)OCCO1. The lowest BCUT2D eigenvalue weighted by molar-refractivity contribution is -0.384. The third kappa shape index (κ3) is 3.24. The van der Waals surface area contributed by atoms with Gasteiger partial charge >= 0.3 is 0 Å². The van der Waals surface area contributed by atoms with Gasteiger partial charge in [0.2, 0.25) is 6.79 Å². The molecular weight excluding hydrogens is 354 g/mol. The number of ether oxygens (including phenoxy) is 4. The molecule has 0 aliphatic carbocycles. The molecule has 2 aliphatic heterocycles. The number of hydrogen-bond acceptors (Lipinski definition) is 7. The molecule has 4 rings (SSSR count). The number of ketones is 1. The normalized spacial score (nSPS) is 17.1. The van der Waals surface area contributed by atoms with Crippen molar-refractivity contribution in [2.45, 2.75) is 19.1 Å². The van der Waals surface area contributed by atoms with E-state index in [1.165, 1.54) is 24.3 Å². The Hall–Kier alpha value is -2.97. The third-order valence-corrected chi connectivity index (χ3v) is 4.60. The number of nitro benzene ring substituents is 1. The molecule has 0 atom stereocenters. The monoisotopic (exact) mass is 371 g/mol. The molecule has 2 heterocycles. The van der Waals surface area contributed by atoms with Crippen molar-refractivity contribution in [3.8, 4) is 11.5 Å². The van der Waals surface area contributed by atoms with Gasteiger partial charge in [0.1, 0.15) is 0 Å². The zero-order valence-corrected chi connectivity index (χ0v) is 14.6. The first kappa shape index (κ1) is 17.4. The molecule has 2 aromatic rings. The number of non-ortho nitro benzene ring substituents is 1. The van der Waals surface area contributed by atoms with Crippen LogP contribution in [0.5, 0.6) is 11.5 Å².